The van der Waals surface area contributed by atoms with Crippen molar-refractivity contribution in [2.75, 3.05) is 6.54 Å². The largest absolute Gasteiger partial charge is 0.310 e. The molecule has 0 radical (unpaired) electrons. The minimum atomic E-state index is -0.306. The molecule has 2 rings (SSSR count). The zero-order chi connectivity index (χ0) is 10.8. The molecule has 1 N–H and O–H groups in total. The summed E-state index contributed by atoms with van der Waals surface area (Å²) in [6, 6.07) is 3.42. The summed E-state index contributed by atoms with van der Waals surface area (Å²) in [5.41, 5.74) is 0.990. The van der Waals surface area contributed by atoms with Gasteiger partial charge in [-0.3, -0.25) is 0 Å². The van der Waals surface area contributed by atoms with Crippen molar-refractivity contribution in [1.82, 2.24) is 5.32 Å². The Hall–Kier alpha value is -0.120. The van der Waals surface area contributed by atoms with E-state index in [1.165, 1.54) is 18.9 Å². The normalized spacial score (nSPS) is 21.7. The molecule has 15 heavy (non-hydrogen) atoms. The van der Waals surface area contributed by atoms with Gasteiger partial charge in [-0.1, -0.05) is 18.0 Å². The second kappa shape index (κ2) is 4.81. The lowest BCUT2D eigenvalue weighted by atomic mass is 9.97. The van der Waals surface area contributed by atoms with Crippen LogP contribution in [-0.4, -0.2) is 6.54 Å². The van der Waals surface area contributed by atoms with E-state index in [-0.39, 0.29) is 11.9 Å². The Bertz CT molecular complexity index is 364. The van der Waals surface area contributed by atoms with Gasteiger partial charge < -0.3 is 5.32 Å². The predicted octanol–water partition coefficient (Wildman–Crippen LogP) is 4.06. The molecule has 1 aliphatic heterocycles. The van der Waals surface area contributed by atoms with Gasteiger partial charge in [-0.25, -0.2) is 4.39 Å². The van der Waals surface area contributed by atoms with Gasteiger partial charge in [-0.15, -0.1) is 0 Å². The molecule has 82 valence electrons. The Labute approximate surface area is 102 Å². The van der Waals surface area contributed by atoms with Gasteiger partial charge in [0.1, 0.15) is 5.82 Å². The maximum atomic E-state index is 13.2. The predicted molar refractivity (Wildman–Crippen MR) is 63.7 cm³/mol. The van der Waals surface area contributed by atoms with Crippen molar-refractivity contribution in [3.05, 3.63) is 33.0 Å². The zero-order valence-electron chi connectivity index (χ0n) is 8.19. The Morgan fingerprint density at radius 1 is 1.40 bits per heavy atom. The van der Waals surface area contributed by atoms with Crippen LogP contribution in [0.4, 0.5) is 4.39 Å². The van der Waals surface area contributed by atoms with E-state index in [4.69, 9.17) is 11.6 Å². The van der Waals surface area contributed by atoms with E-state index in [1.54, 1.807) is 6.07 Å². The molecule has 1 aromatic rings. The quantitative estimate of drug-likeness (QED) is 0.770. The standard InChI is InChI=1S/C11H12BrClFN/c12-8-5-7(9(13)6-10(8)14)11-3-1-2-4-15-11/h5-6,11,15H,1-4H2. The second-order valence-electron chi connectivity index (χ2n) is 3.79. The maximum Gasteiger partial charge on any atom is 0.138 e. The molecule has 0 saturated carbocycles. The summed E-state index contributed by atoms with van der Waals surface area (Å²) in [4.78, 5) is 0. The van der Waals surface area contributed by atoms with Gasteiger partial charge in [0.05, 0.1) is 4.47 Å². The molecule has 1 atom stereocenters. The highest BCUT2D eigenvalue weighted by Crippen LogP contribution is 2.32. The number of piperidine rings is 1. The molecule has 1 nitrogen and oxygen atoms in total. The molecule has 1 aliphatic rings. The van der Waals surface area contributed by atoms with E-state index >= 15 is 0 Å². The molecule has 4 heteroatoms. The summed E-state index contributed by atoms with van der Waals surface area (Å²) in [7, 11) is 0. The fraction of sp³-hybridized carbons (Fsp3) is 0.455. The average Bonchev–Trinajstić information content (AvgIpc) is 2.25. The first-order chi connectivity index (χ1) is 7.18. The molecule has 1 saturated heterocycles. The third-order valence-electron chi connectivity index (χ3n) is 2.73. The van der Waals surface area contributed by atoms with E-state index in [1.807, 2.05) is 0 Å². The number of hydrogen-bond donors (Lipinski definition) is 1. The van der Waals surface area contributed by atoms with Crippen LogP contribution in [0.15, 0.2) is 16.6 Å². The van der Waals surface area contributed by atoms with Crippen molar-refractivity contribution >= 4 is 27.5 Å². The lowest BCUT2D eigenvalue weighted by molar-refractivity contribution is 0.412. The summed E-state index contributed by atoms with van der Waals surface area (Å²) < 4.78 is 13.7. The van der Waals surface area contributed by atoms with Crippen molar-refractivity contribution in [2.24, 2.45) is 0 Å². The third-order valence-corrected chi connectivity index (χ3v) is 3.66. The Balaban J connectivity index is 2.30. The topological polar surface area (TPSA) is 12.0 Å². The first-order valence-corrected chi connectivity index (χ1v) is 6.23. The van der Waals surface area contributed by atoms with Gasteiger partial charge in [0.15, 0.2) is 0 Å². The smallest absolute Gasteiger partial charge is 0.138 e. The highest BCUT2D eigenvalue weighted by molar-refractivity contribution is 9.10. The molecule has 0 aliphatic carbocycles. The molecular formula is C11H12BrClFN. The van der Waals surface area contributed by atoms with E-state index in [0.717, 1.165) is 18.5 Å². The summed E-state index contributed by atoms with van der Waals surface area (Å²) in [5, 5.41) is 3.90. The number of rotatable bonds is 1. The van der Waals surface area contributed by atoms with Crippen LogP contribution in [0.3, 0.4) is 0 Å². The third kappa shape index (κ3) is 2.52. The van der Waals surface area contributed by atoms with E-state index < -0.39 is 0 Å². The van der Waals surface area contributed by atoms with Crippen molar-refractivity contribution in [2.45, 2.75) is 25.3 Å². The minimum Gasteiger partial charge on any atom is -0.310 e. The molecule has 1 fully saturated rings. The second-order valence-corrected chi connectivity index (χ2v) is 5.05. The minimum absolute atomic E-state index is 0.267. The van der Waals surface area contributed by atoms with Crippen LogP contribution in [0.2, 0.25) is 5.02 Å². The molecule has 0 amide bonds. The van der Waals surface area contributed by atoms with Crippen molar-refractivity contribution in [3.8, 4) is 0 Å². The zero-order valence-corrected chi connectivity index (χ0v) is 10.5. The van der Waals surface area contributed by atoms with Gasteiger partial charge in [0.25, 0.3) is 0 Å². The molecule has 1 heterocycles. The lowest BCUT2D eigenvalue weighted by Crippen LogP contribution is -2.27. The van der Waals surface area contributed by atoms with Crippen molar-refractivity contribution in [1.29, 1.82) is 0 Å². The van der Waals surface area contributed by atoms with Gasteiger partial charge in [-0.05, 0) is 53.0 Å². The fourth-order valence-electron chi connectivity index (χ4n) is 1.92. The summed E-state index contributed by atoms with van der Waals surface area (Å²) >= 11 is 9.22. The molecule has 1 unspecified atom stereocenters. The van der Waals surface area contributed by atoms with Crippen LogP contribution >= 0.6 is 27.5 Å². The summed E-state index contributed by atoms with van der Waals surface area (Å²) in [5.74, 6) is -0.306. The molecule has 1 aromatic carbocycles. The van der Waals surface area contributed by atoms with Crippen molar-refractivity contribution in [3.63, 3.8) is 0 Å². The Morgan fingerprint density at radius 3 is 2.87 bits per heavy atom. The van der Waals surface area contributed by atoms with E-state index in [2.05, 4.69) is 21.2 Å². The molecule has 0 bridgehead atoms. The highest BCUT2D eigenvalue weighted by atomic mass is 79.9. The maximum absolute atomic E-state index is 13.2. The van der Waals surface area contributed by atoms with Crippen LogP contribution < -0.4 is 5.32 Å². The van der Waals surface area contributed by atoms with Crippen LogP contribution in [0.5, 0.6) is 0 Å². The van der Waals surface area contributed by atoms with Gasteiger partial charge in [0, 0.05) is 11.1 Å². The Kier molecular flexibility index (Phi) is 3.65. The molecular weight excluding hydrogens is 280 g/mol. The molecule has 0 aromatic heterocycles. The van der Waals surface area contributed by atoms with Crippen LogP contribution in [0.25, 0.3) is 0 Å². The summed E-state index contributed by atoms with van der Waals surface area (Å²) in [6.45, 7) is 1.01. The van der Waals surface area contributed by atoms with Gasteiger partial charge in [-0.2, -0.15) is 0 Å². The SMILES string of the molecule is Fc1cc(Cl)c(C2CCCCN2)cc1Br. The first-order valence-electron chi connectivity index (χ1n) is 5.06. The Morgan fingerprint density at radius 2 is 2.20 bits per heavy atom. The number of halogens is 3. The van der Waals surface area contributed by atoms with Gasteiger partial charge in [0.2, 0.25) is 0 Å². The lowest BCUT2D eigenvalue weighted by Gasteiger charge is -2.24. The van der Waals surface area contributed by atoms with Crippen LogP contribution in [-0.2, 0) is 0 Å². The highest BCUT2D eigenvalue weighted by Gasteiger charge is 2.18. The average molecular weight is 293 g/mol. The van der Waals surface area contributed by atoms with E-state index in [9.17, 15) is 4.39 Å². The fourth-order valence-corrected chi connectivity index (χ4v) is 2.57. The number of nitrogens with one attached hydrogen (secondary N) is 1. The van der Waals surface area contributed by atoms with Crippen LogP contribution in [0, 0.1) is 5.82 Å². The molecule has 0 spiro atoms. The summed E-state index contributed by atoms with van der Waals surface area (Å²) in [6.07, 6.45) is 3.47. The number of benzene rings is 1. The first kappa shape index (κ1) is 11.4. The van der Waals surface area contributed by atoms with Crippen molar-refractivity contribution < 1.29 is 4.39 Å². The monoisotopic (exact) mass is 291 g/mol. The van der Waals surface area contributed by atoms with Gasteiger partial charge >= 0.3 is 0 Å². The van der Waals surface area contributed by atoms with E-state index in [0.29, 0.717) is 9.50 Å². The number of hydrogen-bond acceptors (Lipinski definition) is 1. The van der Waals surface area contributed by atoms with Crippen LogP contribution in [0.1, 0.15) is 30.9 Å².